The molecule has 1 aliphatic heterocycles. The second-order valence-corrected chi connectivity index (χ2v) is 3.68. The Labute approximate surface area is 90.0 Å². The molecule has 3 nitrogen and oxygen atoms in total. The Hall–Kier alpha value is -1.35. The van der Waals surface area contributed by atoms with E-state index in [9.17, 15) is 0 Å². The quantitative estimate of drug-likeness (QED) is 0.809. The highest BCUT2D eigenvalue weighted by Gasteiger charge is 2.19. The van der Waals surface area contributed by atoms with Crippen molar-refractivity contribution in [1.29, 1.82) is 0 Å². The molecule has 1 aliphatic rings. The topological polar surface area (TPSA) is 47.6 Å². The lowest BCUT2D eigenvalue weighted by atomic mass is 10.2. The zero-order chi connectivity index (χ0) is 10.5. The molecule has 80 valence electrons. The molecule has 0 saturated carbocycles. The van der Waals surface area contributed by atoms with Gasteiger partial charge in [-0.05, 0) is 31.5 Å². The van der Waals surface area contributed by atoms with Gasteiger partial charge in [-0.15, -0.1) is 0 Å². The van der Waals surface area contributed by atoms with Crippen LogP contribution in [-0.4, -0.2) is 25.1 Å². The van der Waals surface area contributed by atoms with Gasteiger partial charge in [0.2, 0.25) is 5.90 Å². The number of nitrogens with two attached hydrogens (primary N) is 1. The minimum atomic E-state index is 0.226. The summed E-state index contributed by atoms with van der Waals surface area (Å²) in [5, 5.41) is 0. The zero-order valence-corrected chi connectivity index (χ0v) is 8.73. The summed E-state index contributed by atoms with van der Waals surface area (Å²) < 4.78 is 5.74. The largest absolute Gasteiger partial charge is 0.472 e. The molecule has 2 N–H and O–H groups in total. The molecule has 1 aromatic rings. The number of rotatable bonds is 4. The van der Waals surface area contributed by atoms with Crippen molar-refractivity contribution in [2.45, 2.75) is 18.9 Å². The molecule has 2 rings (SSSR count). The second kappa shape index (κ2) is 4.94. The molecule has 0 saturated heterocycles. The Morgan fingerprint density at radius 3 is 2.87 bits per heavy atom. The SMILES string of the molecule is NCCCC1CN=C(c2ccccc2)O1. The first-order chi connectivity index (χ1) is 7.40. The minimum Gasteiger partial charge on any atom is -0.472 e. The molecule has 3 heteroatoms. The molecule has 0 radical (unpaired) electrons. The molecule has 0 aliphatic carbocycles. The minimum absolute atomic E-state index is 0.226. The van der Waals surface area contributed by atoms with E-state index in [1.807, 2.05) is 30.3 Å². The lowest BCUT2D eigenvalue weighted by molar-refractivity contribution is 0.211. The van der Waals surface area contributed by atoms with Gasteiger partial charge < -0.3 is 10.5 Å². The molecular weight excluding hydrogens is 188 g/mol. The van der Waals surface area contributed by atoms with E-state index in [-0.39, 0.29) is 6.10 Å². The fourth-order valence-corrected chi connectivity index (χ4v) is 1.65. The molecule has 1 atom stereocenters. The van der Waals surface area contributed by atoms with Gasteiger partial charge in [0.25, 0.3) is 0 Å². The van der Waals surface area contributed by atoms with Crippen LogP contribution in [0, 0.1) is 0 Å². The lowest BCUT2D eigenvalue weighted by Crippen LogP contribution is -2.15. The monoisotopic (exact) mass is 204 g/mol. The Morgan fingerprint density at radius 2 is 2.13 bits per heavy atom. The zero-order valence-electron chi connectivity index (χ0n) is 8.73. The van der Waals surface area contributed by atoms with Gasteiger partial charge in [-0.1, -0.05) is 18.2 Å². The van der Waals surface area contributed by atoms with Crippen molar-refractivity contribution in [3.05, 3.63) is 35.9 Å². The summed E-state index contributed by atoms with van der Waals surface area (Å²) in [6.07, 6.45) is 2.22. The third-order valence-corrected chi connectivity index (χ3v) is 2.47. The Morgan fingerprint density at radius 1 is 1.33 bits per heavy atom. The standard InChI is InChI=1S/C12H16N2O/c13-8-4-7-11-9-14-12(15-11)10-5-2-1-3-6-10/h1-3,5-6,11H,4,7-9,13H2. The van der Waals surface area contributed by atoms with Crippen molar-refractivity contribution in [2.24, 2.45) is 10.7 Å². The fraction of sp³-hybridized carbons (Fsp3) is 0.417. The van der Waals surface area contributed by atoms with Crippen molar-refractivity contribution < 1.29 is 4.74 Å². The van der Waals surface area contributed by atoms with Crippen LogP contribution < -0.4 is 5.73 Å². The van der Waals surface area contributed by atoms with E-state index < -0.39 is 0 Å². The van der Waals surface area contributed by atoms with Crippen LogP contribution in [0.1, 0.15) is 18.4 Å². The average Bonchev–Trinajstić information content (AvgIpc) is 2.76. The van der Waals surface area contributed by atoms with Crippen LogP contribution in [0.25, 0.3) is 0 Å². The molecule has 1 aromatic carbocycles. The van der Waals surface area contributed by atoms with Gasteiger partial charge >= 0.3 is 0 Å². The molecule has 1 unspecified atom stereocenters. The number of aliphatic imine (C=N–C) groups is 1. The van der Waals surface area contributed by atoms with Crippen molar-refractivity contribution in [3.8, 4) is 0 Å². The van der Waals surface area contributed by atoms with Gasteiger partial charge in [0.1, 0.15) is 6.10 Å². The van der Waals surface area contributed by atoms with Crippen LogP contribution >= 0.6 is 0 Å². The van der Waals surface area contributed by atoms with Crippen LogP contribution in [0.3, 0.4) is 0 Å². The third kappa shape index (κ3) is 2.57. The van der Waals surface area contributed by atoms with Gasteiger partial charge in [-0.25, -0.2) is 4.99 Å². The molecule has 0 fully saturated rings. The molecule has 0 spiro atoms. The summed E-state index contributed by atoms with van der Waals surface area (Å²) in [6, 6.07) is 10.0. The van der Waals surface area contributed by atoms with Gasteiger partial charge in [0, 0.05) is 5.56 Å². The Bertz CT molecular complexity index is 335. The molecule has 0 aromatic heterocycles. The lowest BCUT2D eigenvalue weighted by Gasteiger charge is -2.10. The third-order valence-electron chi connectivity index (χ3n) is 2.47. The van der Waals surface area contributed by atoms with Gasteiger partial charge in [-0.3, -0.25) is 0 Å². The normalized spacial score (nSPS) is 19.8. The van der Waals surface area contributed by atoms with Crippen molar-refractivity contribution in [1.82, 2.24) is 0 Å². The van der Waals surface area contributed by atoms with E-state index in [1.54, 1.807) is 0 Å². The van der Waals surface area contributed by atoms with Crippen molar-refractivity contribution in [2.75, 3.05) is 13.1 Å². The van der Waals surface area contributed by atoms with Crippen LogP contribution in [0.2, 0.25) is 0 Å². The summed E-state index contributed by atoms with van der Waals surface area (Å²) in [5.41, 5.74) is 6.52. The predicted molar refractivity (Wildman–Crippen MR) is 61.0 cm³/mol. The first-order valence-electron chi connectivity index (χ1n) is 5.37. The molecule has 0 bridgehead atoms. The van der Waals surface area contributed by atoms with Crippen molar-refractivity contribution >= 4 is 5.90 Å². The summed E-state index contributed by atoms with van der Waals surface area (Å²) in [5.74, 6) is 0.776. The maximum Gasteiger partial charge on any atom is 0.216 e. The van der Waals surface area contributed by atoms with E-state index >= 15 is 0 Å². The van der Waals surface area contributed by atoms with E-state index in [4.69, 9.17) is 10.5 Å². The van der Waals surface area contributed by atoms with Crippen molar-refractivity contribution in [3.63, 3.8) is 0 Å². The fourth-order valence-electron chi connectivity index (χ4n) is 1.65. The van der Waals surface area contributed by atoms with E-state index in [2.05, 4.69) is 4.99 Å². The first-order valence-corrected chi connectivity index (χ1v) is 5.37. The maximum absolute atomic E-state index is 5.74. The first kappa shape index (κ1) is 10.2. The number of hydrogen-bond donors (Lipinski definition) is 1. The van der Waals surface area contributed by atoms with Crippen LogP contribution in [0.15, 0.2) is 35.3 Å². The summed E-state index contributed by atoms with van der Waals surface area (Å²) in [4.78, 5) is 4.39. The molecule has 15 heavy (non-hydrogen) atoms. The van der Waals surface area contributed by atoms with Gasteiger partial charge in [0.15, 0.2) is 0 Å². The van der Waals surface area contributed by atoms with Crippen LogP contribution in [0.5, 0.6) is 0 Å². The second-order valence-electron chi connectivity index (χ2n) is 3.68. The molecule has 0 amide bonds. The number of nitrogens with zero attached hydrogens (tertiary/aromatic N) is 1. The number of ether oxygens (including phenoxy) is 1. The highest BCUT2D eigenvalue weighted by Crippen LogP contribution is 2.15. The van der Waals surface area contributed by atoms with Crippen LogP contribution in [0.4, 0.5) is 0 Å². The summed E-state index contributed by atoms with van der Waals surface area (Å²) >= 11 is 0. The van der Waals surface area contributed by atoms with E-state index in [1.165, 1.54) is 0 Å². The highest BCUT2D eigenvalue weighted by atomic mass is 16.5. The number of benzene rings is 1. The predicted octanol–water partition coefficient (Wildman–Crippen LogP) is 1.57. The Balaban J connectivity index is 1.92. The smallest absolute Gasteiger partial charge is 0.216 e. The number of hydrogen-bond acceptors (Lipinski definition) is 3. The highest BCUT2D eigenvalue weighted by molar-refractivity contribution is 5.95. The average molecular weight is 204 g/mol. The van der Waals surface area contributed by atoms with E-state index in [0.717, 1.165) is 37.4 Å². The molecular formula is C12H16N2O. The van der Waals surface area contributed by atoms with Crippen LogP contribution in [-0.2, 0) is 4.74 Å². The summed E-state index contributed by atoms with van der Waals surface area (Å²) in [7, 11) is 0. The maximum atomic E-state index is 5.74. The Kier molecular flexibility index (Phi) is 3.35. The summed E-state index contributed by atoms with van der Waals surface area (Å²) in [6.45, 7) is 1.49. The van der Waals surface area contributed by atoms with Gasteiger partial charge in [0.05, 0.1) is 6.54 Å². The van der Waals surface area contributed by atoms with E-state index in [0.29, 0.717) is 0 Å². The van der Waals surface area contributed by atoms with Gasteiger partial charge in [-0.2, -0.15) is 0 Å². The molecule has 1 heterocycles.